The molecule has 2 heterocycles. The fraction of sp³-hybridized carbons (Fsp3) is 1.00. The molecule has 0 amide bonds. The molecule has 18 heavy (non-hydrogen) atoms. The molecule has 0 radical (unpaired) electrons. The summed E-state index contributed by atoms with van der Waals surface area (Å²) in [5.41, 5.74) is 0. The van der Waals surface area contributed by atoms with Crippen LogP contribution in [0.3, 0.4) is 0 Å². The third-order valence-corrected chi connectivity index (χ3v) is 5.37. The summed E-state index contributed by atoms with van der Waals surface area (Å²) in [4.78, 5) is 2.28. The largest absolute Gasteiger partial charge is 0.377 e. The molecule has 3 atom stereocenters. The van der Waals surface area contributed by atoms with Gasteiger partial charge in [0.2, 0.25) is 10.0 Å². The molecular weight excluding hydrogens is 252 g/mol. The first-order valence-corrected chi connectivity index (χ1v) is 8.49. The maximum atomic E-state index is 12.1. The quantitative estimate of drug-likeness (QED) is 0.791. The summed E-state index contributed by atoms with van der Waals surface area (Å²) in [5.74, 6) is 0.492. The van der Waals surface area contributed by atoms with Crippen LogP contribution in [0, 0.1) is 5.92 Å². The normalized spacial score (nSPS) is 34.2. The molecule has 0 unspecified atom stereocenters. The molecule has 0 aromatic heterocycles. The third-order valence-electron chi connectivity index (χ3n) is 3.90. The Labute approximate surface area is 110 Å². The van der Waals surface area contributed by atoms with Crippen molar-refractivity contribution in [1.29, 1.82) is 0 Å². The van der Waals surface area contributed by atoms with E-state index in [1.807, 2.05) is 0 Å². The molecule has 0 aromatic rings. The standard InChI is InChI=1S/C12H24N2O3S/c1-3-14-7-10(2)12(8-14)13-18(15,16)9-11-5-4-6-17-11/h10-13H,3-9H2,1-2H3/t10-,11-,12+/m0/s1. The SMILES string of the molecule is CCN1C[C@H](C)[C@H](NS(=O)(=O)C[C@@H]2CCCO2)C1. The second-order valence-electron chi connectivity index (χ2n) is 5.47. The molecule has 2 aliphatic heterocycles. The number of likely N-dealkylation sites (tertiary alicyclic amines) is 1. The molecule has 0 spiro atoms. The highest BCUT2D eigenvalue weighted by Crippen LogP contribution is 2.18. The van der Waals surface area contributed by atoms with Gasteiger partial charge in [0.25, 0.3) is 0 Å². The highest BCUT2D eigenvalue weighted by molar-refractivity contribution is 7.89. The summed E-state index contributed by atoms with van der Waals surface area (Å²) in [6.07, 6.45) is 1.73. The van der Waals surface area contributed by atoms with Crippen molar-refractivity contribution in [3.05, 3.63) is 0 Å². The first-order valence-electron chi connectivity index (χ1n) is 6.84. The number of hydrogen-bond donors (Lipinski definition) is 1. The summed E-state index contributed by atoms with van der Waals surface area (Å²) in [7, 11) is -3.21. The van der Waals surface area contributed by atoms with Gasteiger partial charge in [0.15, 0.2) is 0 Å². The number of hydrogen-bond acceptors (Lipinski definition) is 4. The van der Waals surface area contributed by atoms with Crippen LogP contribution in [-0.2, 0) is 14.8 Å². The average molecular weight is 276 g/mol. The maximum Gasteiger partial charge on any atom is 0.214 e. The van der Waals surface area contributed by atoms with Gasteiger partial charge in [-0.25, -0.2) is 13.1 Å². The molecule has 2 rings (SSSR count). The maximum absolute atomic E-state index is 12.1. The van der Waals surface area contributed by atoms with Gasteiger partial charge in [-0.1, -0.05) is 13.8 Å². The molecule has 1 N–H and O–H groups in total. The van der Waals surface area contributed by atoms with Crippen LogP contribution in [0.25, 0.3) is 0 Å². The minimum absolute atomic E-state index is 0.0522. The highest BCUT2D eigenvalue weighted by atomic mass is 32.2. The molecular formula is C12H24N2O3S. The van der Waals surface area contributed by atoms with Crippen LogP contribution in [0.1, 0.15) is 26.7 Å². The number of nitrogens with one attached hydrogen (secondary N) is 1. The Morgan fingerprint density at radius 3 is 2.72 bits per heavy atom. The molecule has 5 nitrogen and oxygen atoms in total. The predicted molar refractivity (Wildman–Crippen MR) is 71.0 cm³/mol. The van der Waals surface area contributed by atoms with E-state index in [4.69, 9.17) is 4.74 Å². The lowest BCUT2D eigenvalue weighted by molar-refractivity contribution is 0.127. The highest BCUT2D eigenvalue weighted by Gasteiger charge is 2.33. The summed E-state index contributed by atoms with van der Waals surface area (Å²) < 4.78 is 32.4. The van der Waals surface area contributed by atoms with E-state index in [0.717, 1.165) is 32.5 Å². The molecule has 0 bridgehead atoms. The van der Waals surface area contributed by atoms with Crippen molar-refractivity contribution in [2.75, 3.05) is 32.0 Å². The molecule has 0 aliphatic carbocycles. The van der Waals surface area contributed by atoms with E-state index in [0.29, 0.717) is 12.5 Å². The minimum Gasteiger partial charge on any atom is -0.377 e. The van der Waals surface area contributed by atoms with Crippen molar-refractivity contribution in [3.8, 4) is 0 Å². The molecule has 2 fully saturated rings. The average Bonchev–Trinajstić information content (AvgIpc) is 2.88. The zero-order chi connectivity index (χ0) is 13.2. The lowest BCUT2D eigenvalue weighted by Crippen LogP contribution is -2.42. The van der Waals surface area contributed by atoms with Gasteiger partial charge >= 0.3 is 0 Å². The molecule has 0 saturated carbocycles. The van der Waals surface area contributed by atoms with Crippen molar-refractivity contribution in [1.82, 2.24) is 9.62 Å². The Morgan fingerprint density at radius 1 is 1.39 bits per heavy atom. The van der Waals surface area contributed by atoms with Gasteiger partial charge in [0.05, 0.1) is 11.9 Å². The molecule has 0 aromatic carbocycles. The van der Waals surface area contributed by atoms with Crippen LogP contribution in [0.5, 0.6) is 0 Å². The van der Waals surface area contributed by atoms with Crippen LogP contribution < -0.4 is 4.72 Å². The fourth-order valence-electron chi connectivity index (χ4n) is 2.78. The zero-order valence-corrected chi connectivity index (χ0v) is 12.1. The van der Waals surface area contributed by atoms with E-state index >= 15 is 0 Å². The monoisotopic (exact) mass is 276 g/mol. The second kappa shape index (κ2) is 5.86. The number of nitrogens with zero attached hydrogens (tertiary/aromatic N) is 1. The summed E-state index contributed by atoms with van der Waals surface area (Å²) in [6.45, 7) is 7.69. The Hall–Kier alpha value is -0.170. The van der Waals surface area contributed by atoms with Crippen molar-refractivity contribution < 1.29 is 13.2 Å². The summed E-state index contributed by atoms with van der Waals surface area (Å²) in [6, 6.07) is 0.0522. The van der Waals surface area contributed by atoms with Gasteiger partial charge in [-0.05, 0) is 25.3 Å². The fourth-order valence-corrected chi connectivity index (χ4v) is 4.39. The first-order chi connectivity index (χ1) is 8.50. The molecule has 6 heteroatoms. The van der Waals surface area contributed by atoms with E-state index in [1.54, 1.807) is 0 Å². The Bertz CT molecular complexity index is 366. The van der Waals surface area contributed by atoms with Crippen molar-refractivity contribution in [3.63, 3.8) is 0 Å². The smallest absolute Gasteiger partial charge is 0.214 e. The molecule has 2 aliphatic rings. The van der Waals surface area contributed by atoms with Crippen LogP contribution in [0.15, 0.2) is 0 Å². The molecule has 106 valence electrons. The second-order valence-corrected chi connectivity index (χ2v) is 7.27. The van der Waals surface area contributed by atoms with E-state index < -0.39 is 10.0 Å². The number of likely N-dealkylation sites (N-methyl/N-ethyl adjacent to an activating group) is 1. The van der Waals surface area contributed by atoms with Gasteiger partial charge < -0.3 is 9.64 Å². The Balaban J connectivity index is 1.87. The van der Waals surface area contributed by atoms with Gasteiger partial charge in [-0.3, -0.25) is 0 Å². The zero-order valence-electron chi connectivity index (χ0n) is 11.3. The number of ether oxygens (including phenoxy) is 1. The van der Waals surface area contributed by atoms with Crippen molar-refractivity contribution in [2.45, 2.75) is 38.8 Å². The summed E-state index contributed by atoms with van der Waals surface area (Å²) in [5, 5.41) is 0. The van der Waals surface area contributed by atoms with Crippen LogP contribution in [0.4, 0.5) is 0 Å². The van der Waals surface area contributed by atoms with Gasteiger partial charge in [0, 0.05) is 25.7 Å². The van der Waals surface area contributed by atoms with E-state index in [-0.39, 0.29) is 17.9 Å². The van der Waals surface area contributed by atoms with Crippen molar-refractivity contribution >= 4 is 10.0 Å². The number of sulfonamides is 1. The first kappa shape index (κ1) is 14.2. The van der Waals surface area contributed by atoms with E-state index in [1.165, 1.54) is 0 Å². The third kappa shape index (κ3) is 3.66. The van der Waals surface area contributed by atoms with Crippen LogP contribution in [-0.4, -0.2) is 57.5 Å². The van der Waals surface area contributed by atoms with Gasteiger partial charge in [-0.15, -0.1) is 0 Å². The lowest BCUT2D eigenvalue weighted by Gasteiger charge is -2.18. The lowest BCUT2D eigenvalue weighted by atomic mass is 10.1. The predicted octanol–water partition coefficient (Wildman–Crippen LogP) is 0.425. The van der Waals surface area contributed by atoms with Crippen molar-refractivity contribution in [2.24, 2.45) is 5.92 Å². The van der Waals surface area contributed by atoms with Gasteiger partial charge in [-0.2, -0.15) is 0 Å². The minimum atomic E-state index is -3.21. The number of rotatable bonds is 5. The molecule has 2 saturated heterocycles. The summed E-state index contributed by atoms with van der Waals surface area (Å²) >= 11 is 0. The Morgan fingerprint density at radius 2 is 2.17 bits per heavy atom. The topological polar surface area (TPSA) is 58.6 Å². The van der Waals surface area contributed by atoms with E-state index in [2.05, 4.69) is 23.5 Å². The van der Waals surface area contributed by atoms with Crippen LogP contribution in [0.2, 0.25) is 0 Å². The van der Waals surface area contributed by atoms with Crippen LogP contribution >= 0.6 is 0 Å². The Kier molecular flexibility index (Phi) is 4.64. The van der Waals surface area contributed by atoms with Gasteiger partial charge in [0.1, 0.15) is 0 Å². The van der Waals surface area contributed by atoms with E-state index in [9.17, 15) is 8.42 Å².